The molecule has 0 spiro atoms. The fourth-order valence-electron chi connectivity index (χ4n) is 2.27. The van der Waals surface area contributed by atoms with Crippen LogP contribution in [0, 0.1) is 5.92 Å². The fourth-order valence-corrected chi connectivity index (χ4v) is 4.18. The monoisotopic (exact) mass is 399 g/mol. The van der Waals surface area contributed by atoms with Crippen molar-refractivity contribution in [3.8, 4) is 0 Å². The van der Waals surface area contributed by atoms with Gasteiger partial charge in [-0.15, -0.1) is 0 Å². The van der Waals surface area contributed by atoms with Crippen LogP contribution in [0.15, 0.2) is 22.7 Å². The number of hydrogen-bond donors (Lipinski definition) is 0. The average Bonchev–Trinajstić information content (AvgIpc) is 2.62. The van der Waals surface area contributed by atoms with Crippen LogP contribution in [0.4, 0.5) is 0 Å². The summed E-state index contributed by atoms with van der Waals surface area (Å²) in [5.74, 6) is -0.509. The van der Waals surface area contributed by atoms with Gasteiger partial charge in [-0.3, -0.25) is 4.79 Å². The van der Waals surface area contributed by atoms with Gasteiger partial charge in [-0.1, -0.05) is 27.5 Å². The Labute approximate surface area is 135 Å². The molecule has 20 heavy (non-hydrogen) atoms. The highest BCUT2D eigenvalue weighted by Crippen LogP contribution is 2.26. The van der Waals surface area contributed by atoms with Gasteiger partial charge < -0.3 is 4.90 Å². The number of nitrogens with zero attached hydrogens (tertiary/aromatic N) is 1. The molecule has 110 valence electrons. The number of rotatable bonds is 4. The Balaban J connectivity index is 2.07. The summed E-state index contributed by atoms with van der Waals surface area (Å²) in [6.07, 6.45) is 0.206. The van der Waals surface area contributed by atoms with Gasteiger partial charge in [-0.25, -0.2) is 8.42 Å². The predicted molar refractivity (Wildman–Crippen MR) is 82.3 cm³/mol. The van der Waals surface area contributed by atoms with Crippen LogP contribution in [0.5, 0.6) is 0 Å². The van der Waals surface area contributed by atoms with Crippen molar-refractivity contribution in [3.05, 3.63) is 33.3 Å². The van der Waals surface area contributed by atoms with E-state index in [1.165, 1.54) is 0 Å². The van der Waals surface area contributed by atoms with Crippen molar-refractivity contribution in [2.75, 3.05) is 12.3 Å². The molecular weight excluding hydrogens is 389 g/mol. The van der Waals surface area contributed by atoms with Crippen LogP contribution in [-0.4, -0.2) is 31.5 Å². The molecule has 1 aliphatic heterocycles. The van der Waals surface area contributed by atoms with E-state index >= 15 is 0 Å². The van der Waals surface area contributed by atoms with Gasteiger partial charge in [-0.05, 0) is 23.8 Å². The van der Waals surface area contributed by atoms with E-state index in [1.807, 2.05) is 12.1 Å². The van der Waals surface area contributed by atoms with Crippen LogP contribution >= 0.6 is 38.2 Å². The van der Waals surface area contributed by atoms with Gasteiger partial charge in [0.25, 0.3) is 0 Å². The van der Waals surface area contributed by atoms with Crippen LogP contribution in [0.2, 0.25) is 5.02 Å². The lowest BCUT2D eigenvalue weighted by Gasteiger charge is -2.17. The van der Waals surface area contributed by atoms with E-state index in [9.17, 15) is 13.2 Å². The van der Waals surface area contributed by atoms with E-state index in [4.69, 9.17) is 22.3 Å². The van der Waals surface area contributed by atoms with E-state index < -0.39 is 9.05 Å². The van der Waals surface area contributed by atoms with Crippen LogP contribution in [-0.2, 0) is 20.4 Å². The maximum atomic E-state index is 11.9. The lowest BCUT2D eigenvalue weighted by molar-refractivity contribution is -0.128. The summed E-state index contributed by atoms with van der Waals surface area (Å²) in [5, 5.41) is 0.578. The minimum absolute atomic E-state index is 0.0774. The molecule has 0 radical (unpaired) electrons. The molecule has 1 saturated heterocycles. The summed E-state index contributed by atoms with van der Waals surface area (Å²) in [6, 6.07) is 5.42. The third kappa shape index (κ3) is 4.35. The van der Waals surface area contributed by atoms with Crippen molar-refractivity contribution in [1.29, 1.82) is 0 Å². The zero-order chi connectivity index (χ0) is 14.9. The molecule has 0 aromatic heterocycles. The number of amides is 1. The first-order chi connectivity index (χ1) is 9.24. The molecule has 2 rings (SSSR count). The summed E-state index contributed by atoms with van der Waals surface area (Å²) in [5.41, 5.74) is 0.823. The summed E-state index contributed by atoms with van der Waals surface area (Å²) in [7, 11) is 1.65. The highest BCUT2D eigenvalue weighted by atomic mass is 79.9. The van der Waals surface area contributed by atoms with Crippen molar-refractivity contribution in [3.63, 3.8) is 0 Å². The normalized spacial score (nSPS) is 19.6. The smallest absolute Gasteiger partial charge is 0.232 e. The summed E-state index contributed by atoms with van der Waals surface area (Å²) in [6.45, 7) is 0.754. The van der Waals surface area contributed by atoms with Gasteiger partial charge in [0.15, 0.2) is 0 Å². The van der Waals surface area contributed by atoms with Crippen molar-refractivity contribution >= 4 is 53.2 Å². The first-order valence-corrected chi connectivity index (χ1v) is 9.53. The van der Waals surface area contributed by atoms with E-state index in [0.29, 0.717) is 18.1 Å². The van der Waals surface area contributed by atoms with Gasteiger partial charge in [-0.2, -0.15) is 0 Å². The number of likely N-dealkylation sites (tertiary alicyclic amines) is 1. The molecule has 1 atom stereocenters. The highest BCUT2D eigenvalue weighted by Gasteiger charge is 2.32. The second kappa shape index (κ2) is 6.22. The minimum atomic E-state index is -3.58. The SMILES string of the molecule is O=C1CC(CS(=O)(=O)Cl)CN1Cc1cc(Br)ccc1Cl. The summed E-state index contributed by atoms with van der Waals surface area (Å²) < 4.78 is 23.0. The highest BCUT2D eigenvalue weighted by molar-refractivity contribution is 9.10. The second-order valence-corrected chi connectivity index (χ2v) is 8.93. The number of halogens is 3. The van der Waals surface area contributed by atoms with E-state index in [0.717, 1.165) is 10.0 Å². The minimum Gasteiger partial charge on any atom is -0.338 e. The van der Waals surface area contributed by atoms with Gasteiger partial charge >= 0.3 is 0 Å². The third-order valence-electron chi connectivity index (χ3n) is 3.10. The van der Waals surface area contributed by atoms with Gasteiger partial charge in [0, 0.05) is 45.6 Å². The number of hydrogen-bond acceptors (Lipinski definition) is 3. The van der Waals surface area contributed by atoms with Gasteiger partial charge in [0.1, 0.15) is 0 Å². The van der Waals surface area contributed by atoms with Crippen LogP contribution in [0.3, 0.4) is 0 Å². The number of carbonyl (C=O) groups is 1. The Morgan fingerprint density at radius 3 is 2.75 bits per heavy atom. The predicted octanol–water partition coefficient (Wildman–Crippen LogP) is 3.02. The molecule has 1 aromatic carbocycles. The van der Waals surface area contributed by atoms with E-state index in [-0.39, 0.29) is 24.0 Å². The van der Waals surface area contributed by atoms with E-state index in [2.05, 4.69) is 15.9 Å². The van der Waals surface area contributed by atoms with Gasteiger partial charge in [0.2, 0.25) is 15.0 Å². The standard InChI is InChI=1S/C12H12BrCl2NO3S/c13-10-1-2-11(14)9(4-10)6-16-5-8(3-12(16)17)7-20(15,18)19/h1-2,4,8H,3,5-7H2. The Bertz CT molecular complexity index is 636. The molecule has 1 heterocycles. The topological polar surface area (TPSA) is 54.5 Å². The molecule has 0 aliphatic carbocycles. The fraction of sp³-hybridized carbons (Fsp3) is 0.417. The summed E-state index contributed by atoms with van der Waals surface area (Å²) in [4.78, 5) is 13.5. The molecule has 0 N–H and O–H groups in total. The molecule has 0 saturated carbocycles. The van der Waals surface area contributed by atoms with Crippen LogP contribution < -0.4 is 0 Å². The van der Waals surface area contributed by atoms with Crippen molar-refractivity contribution in [2.24, 2.45) is 5.92 Å². The maximum Gasteiger partial charge on any atom is 0.232 e. The van der Waals surface area contributed by atoms with Gasteiger partial charge in [0.05, 0.1) is 5.75 Å². The average molecular weight is 401 g/mol. The molecule has 8 heteroatoms. The van der Waals surface area contributed by atoms with Crippen LogP contribution in [0.1, 0.15) is 12.0 Å². The zero-order valence-corrected chi connectivity index (χ0v) is 14.3. The van der Waals surface area contributed by atoms with E-state index in [1.54, 1.807) is 11.0 Å². The zero-order valence-electron chi connectivity index (χ0n) is 10.4. The molecule has 1 aromatic rings. The lowest BCUT2D eigenvalue weighted by Crippen LogP contribution is -2.25. The number of benzene rings is 1. The first-order valence-electron chi connectivity index (χ1n) is 5.88. The molecule has 4 nitrogen and oxygen atoms in total. The van der Waals surface area contributed by atoms with Crippen LogP contribution in [0.25, 0.3) is 0 Å². The molecular formula is C12H12BrCl2NO3S. The Morgan fingerprint density at radius 2 is 2.10 bits per heavy atom. The summed E-state index contributed by atoms with van der Waals surface area (Å²) >= 11 is 9.44. The number of carbonyl (C=O) groups excluding carboxylic acids is 1. The molecule has 1 fully saturated rings. The second-order valence-electron chi connectivity index (χ2n) is 4.79. The largest absolute Gasteiger partial charge is 0.338 e. The Kier molecular flexibility index (Phi) is 5.00. The molecule has 1 aliphatic rings. The molecule has 1 unspecified atom stereocenters. The van der Waals surface area contributed by atoms with Crippen molar-refractivity contribution < 1.29 is 13.2 Å². The molecule has 1 amide bonds. The quantitative estimate of drug-likeness (QED) is 0.730. The van der Waals surface area contributed by atoms with Crippen molar-refractivity contribution in [1.82, 2.24) is 4.90 Å². The third-order valence-corrected chi connectivity index (χ3v) is 5.21. The van der Waals surface area contributed by atoms with Crippen molar-refractivity contribution in [2.45, 2.75) is 13.0 Å². The first kappa shape index (κ1) is 16.1. The Morgan fingerprint density at radius 1 is 1.40 bits per heavy atom. The molecule has 0 bridgehead atoms. The lowest BCUT2D eigenvalue weighted by atomic mass is 10.1. The Hall–Kier alpha value is -0.300. The maximum absolute atomic E-state index is 11.9.